The fourth-order valence-corrected chi connectivity index (χ4v) is 2.64. The summed E-state index contributed by atoms with van der Waals surface area (Å²) in [6.07, 6.45) is 0. The molecule has 2 radical (unpaired) electrons. The normalized spacial score (nSPS) is 11.3. The van der Waals surface area contributed by atoms with Gasteiger partial charge in [-0.3, -0.25) is 0 Å². The zero-order chi connectivity index (χ0) is 11.9. The Balaban J connectivity index is 2.31. The molecule has 4 rings (SSSR count). The molecule has 0 atom stereocenters. The van der Waals surface area contributed by atoms with Gasteiger partial charge in [-0.25, -0.2) is 0 Å². The zero-order valence-corrected chi connectivity index (χ0v) is 9.77. The summed E-state index contributed by atoms with van der Waals surface area (Å²) in [6, 6.07) is 27.4. The molecule has 0 amide bonds. The lowest BCUT2D eigenvalue weighted by atomic mass is 9.97. The van der Waals surface area contributed by atoms with Crippen molar-refractivity contribution in [3.63, 3.8) is 0 Å². The molecule has 0 heteroatoms. The molecule has 18 heavy (non-hydrogen) atoms. The third kappa shape index (κ3) is 1.26. The summed E-state index contributed by atoms with van der Waals surface area (Å²) in [4.78, 5) is 0. The predicted molar refractivity (Wildman–Crippen MR) is 76.6 cm³/mol. The van der Waals surface area contributed by atoms with Crippen LogP contribution in [0.25, 0.3) is 32.3 Å². The Morgan fingerprint density at radius 2 is 1.00 bits per heavy atom. The molecule has 0 unspecified atom stereocenters. The van der Waals surface area contributed by atoms with Gasteiger partial charge in [-0.2, -0.15) is 0 Å². The van der Waals surface area contributed by atoms with Gasteiger partial charge in [-0.1, -0.05) is 48.5 Å². The maximum atomic E-state index is 3.17. The molecule has 0 bridgehead atoms. The molecular weight excluding hydrogens is 216 g/mol. The number of benzene rings is 4. The highest BCUT2D eigenvalue weighted by atomic mass is 14.1. The molecule has 0 saturated heterocycles. The standard InChI is InChI=1S/C18H10/c1-3-7-15-13(5-1)9-11-18-16-8-4-2-6-14(16)10-12-17(15)18/h1-2,5-12H. The lowest BCUT2D eigenvalue weighted by molar-refractivity contribution is 1.76. The third-order valence-electron chi connectivity index (χ3n) is 3.53. The van der Waals surface area contributed by atoms with Crippen LogP contribution < -0.4 is 0 Å². The monoisotopic (exact) mass is 226 g/mol. The molecule has 0 fully saturated rings. The third-order valence-corrected chi connectivity index (χ3v) is 3.53. The quantitative estimate of drug-likeness (QED) is 0.380. The zero-order valence-electron chi connectivity index (χ0n) is 9.77. The van der Waals surface area contributed by atoms with E-state index >= 15 is 0 Å². The highest BCUT2D eigenvalue weighted by Gasteiger charge is 2.03. The molecule has 82 valence electrons. The van der Waals surface area contributed by atoms with Crippen molar-refractivity contribution in [2.24, 2.45) is 0 Å². The molecule has 0 aromatic heterocycles. The molecule has 0 aliphatic carbocycles. The average molecular weight is 226 g/mol. The maximum Gasteiger partial charge on any atom is -0.00987 e. The summed E-state index contributed by atoms with van der Waals surface area (Å²) in [5, 5.41) is 7.63. The van der Waals surface area contributed by atoms with Crippen LogP contribution in [-0.4, -0.2) is 0 Å². The number of rotatable bonds is 0. The summed E-state index contributed by atoms with van der Waals surface area (Å²) in [5.41, 5.74) is 0. The van der Waals surface area contributed by atoms with Gasteiger partial charge in [0.2, 0.25) is 0 Å². The van der Waals surface area contributed by atoms with Crippen molar-refractivity contribution >= 4 is 32.3 Å². The SMILES string of the molecule is [c]1ccc2ccc3c4c[c]ccc4ccc3c2c1. The second-order valence-corrected chi connectivity index (χ2v) is 4.52. The summed E-state index contributed by atoms with van der Waals surface area (Å²) in [5.74, 6) is 0. The average Bonchev–Trinajstić information content (AvgIpc) is 2.46. The van der Waals surface area contributed by atoms with Crippen LogP contribution in [0.15, 0.2) is 60.7 Å². The Labute approximate surface area is 105 Å². The second kappa shape index (κ2) is 3.58. The van der Waals surface area contributed by atoms with Crippen molar-refractivity contribution in [1.29, 1.82) is 0 Å². The van der Waals surface area contributed by atoms with E-state index < -0.39 is 0 Å². The maximum absolute atomic E-state index is 3.17. The molecule has 0 nitrogen and oxygen atoms in total. The van der Waals surface area contributed by atoms with Crippen LogP contribution in [0.4, 0.5) is 0 Å². The van der Waals surface area contributed by atoms with Crippen LogP contribution >= 0.6 is 0 Å². The first-order chi connectivity index (χ1) is 8.93. The summed E-state index contributed by atoms with van der Waals surface area (Å²) in [6.45, 7) is 0. The van der Waals surface area contributed by atoms with Crippen molar-refractivity contribution in [2.45, 2.75) is 0 Å². The van der Waals surface area contributed by atoms with Crippen LogP contribution in [0, 0.1) is 12.1 Å². The van der Waals surface area contributed by atoms with Crippen molar-refractivity contribution < 1.29 is 0 Å². The minimum Gasteiger partial charge on any atom is -0.0537 e. The van der Waals surface area contributed by atoms with E-state index in [9.17, 15) is 0 Å². The smallest absolute Gasteiger partial charge is 0.00987 e. The summed E-state index contributed by atoms with van der Waals surface area (Å²) >= 11 is 0. The van der Waals surface area contributed by atoms with Gasteiger partial charge in [0.1, 0.15) is 0 Å². The molecule has 0 saturated carbocycles. The van der Waals surface area contributed by atoms with E-state index in [1.165, 1.54) is 32.3 Å². The van der Waals surface area contributed by atoms with Crippen molar-refractivity contribution in [3.8, 4) is 0 Å². The Morgan fingerprint density at radius 3 is 1.50 bits per heavy atom. The van der Waals surface area contributed by atoms with Crippen LogP contribution in [-0.2, 0) is 0 Å². The molecule has 0 heterocycles. The van der Waals surface area contributed by atoms with Gasteiger partial charge in [0.25, 0.3) is 0 Å². The molecule has 0 N–H and O–H groups in total. The van der Waals surface area contributed by atoms with E-state index in [2.05, 4.69) is 60.7 Å². The number of hydrogen-bond acceptors (Lipinski definition) is 0. The highest BCUT2D eigenvalue weighted by Crippen LogP contribution is 2.30. The largest absolute Gasteiger partial charge is 0.0537 e. The van der Waals surface area contributed by atoms with E-state index in [0.29, 0.717) is 0 Å². The highest BCUT2D eigenvalue weighted by molar-refractivity contribution is 6.17. The van der Waals surface area contributed by atoms with E-state index in [0.717, 1.165) is 0 Å². The minimum atomic E-state index is 1.26. The lowest BCUT2D eigenvalue weighted by Crippen LogP contribution is -1.80. The van der Waals surface area contributed by atoms with Crippen molar-refractivity contribution in [2.75, 3.05) is 0 Å². The van der Waals surface area contributed by atoms with Gasteiger partial charge < -0.3 is 0 Å². The van der Waals surface area contributed by atoms with Gasteiger partial charge in [-0.05, 0) is 56.6 Å². The van der Waals surface area contributed by atoms with Gasteiger partial charge in [0, 0.05) is 0 Å². The molecule has 0 aliphatic heterocycles. The second-order valence-electron chi connectivity index (χ2n) is 4.52. The van der Waals surface area contributed by atoms with Crippen LogP contribution in [0.3, 0.4) is 0 Å². The predicted octanol–water partition coefficient (Wildman–Crippen LogP) is 4.75. The molecule has 0 aliphatic rings. The molecule has 4 aromatic rings. The first kappa shape index (κ1) is 9.67. The van der Waals surface area contributed by atoms with E-state index in [-0.39, 0.29) is 0 Å². The van der Waals surface area contributed by atoms with Crippen LogP contribution in [0.1, 0.15) is 0 Å². The Hall–Kier alpha value is -2.34. The van der Waals surface area contributed by atoms with Crippen LogP contribution in [0.5, 0.6) is 0 Å². The van der Waals surface area contributed by atoms with Crippen molar-refractivity contribution in [3.05, 3.63) is 72.8 Å². The Kier molecular flexibility index (Phi) is 1.92. The topological polar surface area (TPSA) is 0 Å². The molecule has 4 aromatic carbocycles. The Morgan fingerprint density at radius 1 is 0.500 bits per heavy atom. The first-order valence-corrected chi connectivity index (χ1v) is 6.05. The fraction of sp³-hybridized carbons (Fsp3) is 0. The van der Waals surface area contributed by atoms with Gasteiger partial charge in [0.05, 0.1) is 0 Å². The van der Waals surface area contributed by atoms with Gasteiger partial charge >= 0.3 is 0 Å². The lowest BCUT2D eigenvalue weighted by Gasteiger charge is -2.06. The van der Waals surface area contributed by atoms with Gasteiger partial charge in [-0.15, -0.1) is 0 Å². The first-order valence-electron chi connectivity index (χ1n) is 6.05. The van der Waals surface area contributed by atoms with Gasteiger partial charge in [0.15, 0.2) is 0 Å². The van der Waals surface area contributed by atoms with Crippen molar-refractivity contribution in [1.82, 2.24) is 0 Å². The summed E-state index contributed by atoms with van der Waals surface area (Å²) < 4.78 is 0. The minimum absolute atomic E-state index is 1.26. The molecular formula is C18H10. The van der Waals surface area contributed by atoms with E-state index in [1.54, 1.807) is 0 Å². The van der Waals surface area contributed by atoms with Crippen LogP contribution in [0.2, 0.25) is 0 Å². The number of fused-ring (bicyclic) bond motifs is 5. The van der Waals surface area contributed by atoms with E-state index in [1.807, 2.05) is 12.1 Å². The molecule has 0 spiro atoms. The summed E-state index contributed by atoms with van der Waals surface area (Å²) in [7, 11) is 0. The Bertz CT molecular complexity index is 797. The fourth-order valence-electron chi connectivity index (χ4n) is 2.64. The van der Waals surface area contributed by atoms with E-state index in [4.69, 9.17) is 0 Å². The number of hydrogen-bond donors (Lipinski definition) is 0.